The number of carbonyl (C=O) groups excluding carboxylic acids is 3. The first-order chi connectivity index (χ1) is 12.5. The molecule has 2 heterocycles. The van der Waals surface area contributed by atoms with E-state index in [0.29, 0.717) is 25.1 Å². The van der Waals surface area contributed by atoms with Gasteiger partial charge in [-0.2, -0.15) is 0 Å². The van der Waals surface area contributed by atoms with Gasteiger partial charge in [0.2, 0.25) is 5.91 Å². The average Bonchev–Trinajstić information content (AvgIpc) is 3.20. The number of nitrogens with one attached hydrogen (secondary N) is 1. The largest absolute Gasteiger partial charge is 0.451 e. The van der Waals surface area contributed by atoms with Gasteiger partial charge in [0.15, 0.2) is 6.10 Å². The maximum Gasteiger partial charge on any atom is 0.330 e. The maximum atomic E-state index is 12.7. The van der Waals surface area contributed by atoms with Crippen molar-refractivity contribution in [3.05, 3.63) is 35.9 Å². The highest BCUT2D eigenvalue weighted by Crippen LogP contribution is 2.54. The van der Waals surface area contributed by atoms with E-state index in [4.69, 9.17) is 4.74 Å². The van der Waals surface area contributed by atoms with Crippen molar-refractivity contribution in [3.8, 4) is 0 Å². The number of thioether (sulfide) groups is 1. The Balaban J connectivity index is 1.74. The van der Waals surface area contributed by atoms with E-state index in [-0.39, 0.29) is 11.8 Å². The fourth-order valence-corrected chi connectivity index (χ4v) is 5.15. The van der Waals surface area contributed by atoms with Gasteiger partial charge < -0.3 is 15.0 Å². The van der Waals surface area contributed by atoms with Gasteiger partial charge in [-0.05, 0) is 25.3 Å². The highest BCUT2D eigenvalue weighted by atomic mass is 32.2. The lowest BCUT2D eigenvalue weighted by molar-refractivity contribution is -0.161. The number of ether oxygens (including phenoxy) is 1. The molecular weight excluding hydrogens is 352 g/mol. The van der Waals surface area contributed by atoms with Crippen LogP contribution in [0.15, 0.2) is 30.3 Å². The van der Waals surface area contributed by atoms with Gasteiger partial charge in [-0.15, -0.1) is 11.8 Å². The normalized spacial score (nSPS) is 25.7. The zero-order chi connectivity index (χ0) is 18.7. The quantitative estimate of drug-likeness (QED) is 0.769. The average molecular weight is 376 g/mol. The third-order valence-corrected chi connectivity index (χ3v) is 6.43. The molecule has 0 bridgehead atoms. The van der Waals surface area contributed by atoms with Crippen molar-refractivity contribution in [1.29, 1.82) is 0 Å². The van der Waals surface area contributed by atoms with E-state index in [9.17, 15) is 14.4 Å². The van der Waals surface area contributed by atoms with Crippen LogP contribution in [0, 0.1) is 0 Å². The van der Waals surface area contributed by atoms with Crippen LogP contribution in [-0.2, 0) is 24.0 Å². The lowest BCUT2D eigenvalue weighted by Gasteiger charge is -2.33. The summed E-state index contributed by atoms with van der Waals surface area (Å²) >= 11 is 1.61. The summed E-state index contributed by atoms with van der Waals surface area (Å²) in [7, 11) is 0. The Morgan fingerprint density at radius 1 is 1.38 bits per heavy atom. The van der Waals surface area contributed by atoms with E-state index >= 15 is 0 Å². The molecule has 3 rings (SSSR count). The third-order valence-electron chi connectivity index (χ3n) is 4.84. The molecule has 1 aromatic rings. The number of benzene rings is 1. The summed E-state index contributed by atoms with van der Waals surface area (Å²) in [6.45, 7) is 4.05. The molecular formula is C19H24N2O4S. The van der Waals surface area contributed by atoms with Crippen molar-refractivity contribution in [2.24, 2.45) is 0 Å². The molecule has 6 nitrogen and oxygen atoms in total. The standard InChI is InChI=1S/C19H24N2O4S/c1-3-11-20-17(23)13(2)25-18(24)15-12-26-19(10-9-16(22)21(15)19)14-7-5-4-6-8-14/h4-8,13,15H,3,9-12H2,1-2H3,(H,20,23)/t13-,15-,19-/m1/s1. The SMILES string of the molecule is CCCNC(=O)[C@@H](C)OC(=O)[C@H]1CS[C@@]2(c3ccccc3)CCC(=O)N12. The first-order valence-corrected chi connectivity index (χ1v) is 9.98. The summed E-state index contributed by atoms with van der Waals surface area (Å²) < 4.78 is 5.37. The van der Waals surface area contributed by atoms with Crippen molar-refractivity contribution in [1.82, 2.24) is 10.2 Å². The highest BCUT2D eigenvalue weighted by molar-refractivity contribution is 8.00. The first-order valence-electron chi connectivity index (χ1n) is 8.99. The first kappa shape index (κ1) is 18.8. The van der Waals surface area contributed by atoms with Gasteiger partial charge in [0.1, 0.15) is 10.9 Å². The highest BCUT2D eigenvalue weighted by Gasteiger charge is 2.57. The fraction of sp³-hybridized carbons (Fsp3) is 0.526. The Morgan fingerprint density at radius 2 is 2.12 bits per heavy atom. The van der Waals surface area contributed by atoms with Crippen molar-refractivity contribution in [2.45, 2.75) is 50.1 Å². The second-order valence-electron chi connectivity index (χ2n) is 6.61. The van der Waals surface area contributed by atoms with Crippen LogP contribution in [0.2, 0.25) is 0 Å². The zero-order valence-corrected chi connectivity index (χ0v) is 15.9. The minimum Gasteiger partial charge on any atom is -0.451 e. The fourth-order valence-electron chi connectivity index (χ4n) is 3.51. The molecule has 0 unspecified atom stereocenters. The van der Waals surface area contributed by atoms with Crippen LogP contribution in [0.5, 0.6) is 0 Å². The molecule has 2 fully saturated rings. The van der Waals surface area contributed by atoms with Crippen molar-refractivity contribution >= 4 is 29.5 Å². The molecule has 140 valence electrons. The van der Waals surface area contributed by atoms with Gasteiger partial charge in [-0.1, -0.05) is 37.3 Å². The molecule has 3 atom stereocenters. The predicted octanol–water partition coefficient (Wildman–Crippen LogP) is 2.04. The van der Waals surface area contributed by atoms with E-state index < -0.39 is 23.0 Å². The Hall–Kier alpha value is -2.02. The maximum absolute atomic E-state index is 12.7. The number of rotatable bonds is 6. The van der Waals surface area contributed by atoms with Gasteiger partial charge in [0.25, 0.3) is 5.91 Å². The number of hydrogen-bond donors (Lipinski definition) is 1. The second kappa shape index (κ2) is 7.70. The number of carbonyl (C=O) groups is 3. The number of nitrogens with zero attached hydrogens (tertiary/aromatic N) is 1. The zero-order valence-electron chi connectivity index (χ0n) is 15.1. The molecule has 2 amide bonds. The molecule has 0 aliphatic carbocycles. The minimum atomic E-state index is -0.872. The summed E-state index contributed by atoms with van der Waals surface area (Å²) in [5.41, 5.74) is 1.03. The molecule has 0 radical (unpaired) electrons. The third kappa shape index (κ3) is 3.32. The van der Waals surface area contributed by atoms with E-state index in [1.54, 1.807) is 23.6 Å². The van der Waals surface area contributed by atoms with Crippen LogP contribution in [0.3, 0.4) is 0 Å². The molecule has 1 aromatic carbocycles. The smallest absolute Gasteiger partial charge is 0.330 e. The molecule has 0 saturated carbocycles. The monoisotopic (exact) mass is 376 g/mol. The van der Waals surface area contributed by atoms with Gasteiger partial charge in [0.05, 0.1) is 0 Å². The number of esters is 1. The molecule has 0 aromatic heterocycles. The summed E-state index contributed by atoms with van der Waals surface area (Å²) in [5.74, 6) is -0.385. The van der Waals surface area contributed by atoms with Crippen LogP contribution in [0.4, 0.5) is 0 Å². The molecule has 2 aliphatic heterocycles. The molecule has 2 saturated heterocycles. The molecule has 1 N–H and O–H groups in total. The van der Waals surface area contributed by atoms with Crippen molar-refractivity contribution in [2.75, 3.05) is 12.3 Å². The minimum absolute atomic E-state index is 0.0381. The van der Waals surface area contributed by atoms with E-state index in [2.05, 4.69) is 5.32 Å². The van der Waals surface area contributed by atoms with E-state index in [0.717, 1.165) is 12.0 Å². The second-order valence-corrected chi connectivity index (χ2v) is 7.91. The Morgan fingerprint density at radius 3 is 2.81 bits per heavy atom. The van der Waals surface area contributed by atoms with E-state index in [1.165, 1.54) is 0 Å². The summed E-state index contributed by atoms with van der Waals surface area (Å²) in [6, 6.07) is 9.15. The molecule has 7 heteroatoms. The lowest BCUT2D eigenvalue weighted by atomic mass is 10.0. The van der Waals surface area contributed by atoms with Gasteiger partial charge in [-0.25, -0.2) is 4.79 Å². The van der Waals surface area contributed by atoms with E-state index in [1.807, 2.05) is 37.3 Å². The molecule has 26 heavy (non-hydrogen) atoms. The van der Waals surface area contributed by atoms with Crippen LogP contribution in [0.1, 0.15) is 38.7 Å². The van der Waals surface area contributed by atoms with Crippen molar-refractivity contribution in [3.63, 3.8) is 0 Å². The lowest BCUT2D eigenvalue weighted by Crippen LogP contribution is -2.48. The Bertz CT molecular complexity index is 696. The van der Waals surface area contributed by atoms with Crippen LogP contribution < -0.4 is 5.32 Å². The van der Waals surface area contributed by atoms with Crippen LogP contribution in [0.25, 0.3) is 0 Å². The van der Waals surface area contributed by atoms with Crippen molar-refractivity contribution < 1.29 is 19.1 Å². The van der Waals surface area contributed by atoms with Crippen LogP contribution in [-0.4, -0.2) is 47.1 Å². The summed E-state index contributed by atoms with van der Waals surface area (Å²) in [5, 5.41) is 2.71. The number of fused-ring (bicyclic) bond motifs is 1. The van der Waals surface area contributed by atoms with Gasteiger partial charge >= 0.3 is 5.97 Å². The molecule has 0 spiro atoms. The number of amides is 2. The predicted molar refractivity (Wildman–Crippen MR) is 99.3 cm³/mol. The van der Waals surface area contributed by atoms with Crippen LogP contribution >= 0.6 is 11.8 Å². The Kier molecular flexibility index (Phi) is 5.55. The van der Waals surface area contributed by atoms with Gasteiger partial charge in [-0.3, -0.25) is 9.59 Å². The Labute approximate surface area is 157 Å². The summed E-state index contributed by atoms with van der Waals surface area (Å²) in [6.07, 6.45) is 1.03. The molecule has 2 aliphatic rings. The summed E-state index contributed by atoms with van der Waals surface area (Å²) in [4.78, 5) is 38.3. The number of hydrogen-bond acceptors (Lipinski definition) is 5. The van der Waals surface area contributed by atoms with Gasteiger partial charge in [0, 0.05) is 18.7 Å². The topological polar surface area (TPSA) is 75.7 Å².